The Morgan fingerprint density at radius 3 is 2.18 bits per heavy atom. The highest BCUT2D eigenvalue weighted by Gasteiger charge is 2.39. The lowest BCUT2D eigenvalue weighted by atomic mass is 9.83. The summed E-state index contributed by atoms with van der Waals surface area (Å²) in [5, 5.41) is 0. The molecule has 2 heterocycles. The second-order valence-corrected chi connectivity index (χ2v) is 10.1. The van der Waals surface area contributed by atoms with Gasteiger partial charge < -0.3 is 9.64 Å². The van der Waals surface area contributed by atoms with E-state index in [0.717, 1.165) is 31.8 Å². The first-order chi connectivity index (χ1) is 13.1. The lowest BCUT2D eigenvalue weighted by Gasteiger charge is -2.49. The summed E-state index contributed by atoms with van der Waals surface area (Å²) < 4.78 is 5.54. The number of hydrogen-bond donors (Lipinski definition) is 0. The Bertz CT molecular complexity index is 646. The van der Waals surface area contributed by atoms with Crippen LogP contribution in [0.25, 0.3) is 0 Å². The van der Waals surface area contributed by atoms with Crippen LogP contribution in [-0.4, -0.2) is 53.2 Å². The summed E-state index contributed by atoms with van der Waals surface area (Å²) in [4.78, 5) is 16.9. The monoisotopic (exact) mass is 386 g/mol. The van der Waals surface area contributed by atoms with Gasteiger partial charge in [0, 0.05) is 18.6 Å². The third-order valence-corrected chi connectivity index (χ3v) is 6.52. The van der Waals surface area contributed by atoms with Crippen LogP contribution in [0.2, 0.25) is 0 Å². The first kappa shape index (κ1) is 21.2. The summed E-state index contributed by atoms with van der Waals surface area (Å²) in [7, 11) is 0. The number of likely N-dealkylation sites (tertiary alicyclic amines) is 2. The van der Waals surface area contributed by atoms with Gasteiger partial charge in [0.25, 0.3) is 0 Å². The smallest absolute Gasteiger partial charge is 0.410 e. The van der Waals surface area contributed by atoms with Crippen molar-refractivity contribution in [1.82, 2.24) is 9.80 Å². The van der Waals surface area contributed by atoms with Crippen molar-refractivity contribution in [3.8, 4) is 0 Å². The van der Waals surface area contributed by atoms with Gasteiger partial charge in [-0.05, 0) is 91.3 Å². The molecule has 4 heteroatoms. The molecule has 0 atom stereocenters. The standard InChI is InChI=1S/C24H38N2O2/c1-19-6-8-20(9-7-19)18-21-10-14-26(15-11-21)24(5)12-16-25(17-13-24)22(27)28-23(2,3)4/h6-9,21H,10-18H2,1-5H3. The zero-order valence-electron chi connectivity index (χ0n) is 18.5. The Morgan fingerprint density at radius 1 is 1.07 bits per heavy atom. The molecule has 1 aromatic carbocycles. The van der Waals surface area contributed by atoms with Crippen molar-refractivity contribution in [2.75, 3.05) is 26.2 Å². The number of aryl methyl sites for hydroxylation is 1. The Labute approximate surface area is 171 Å². The van der Waals surface area contributed by atoms with E-state index in [1.807, 2.05) is 25.7 Å². The molecule has 28 heavy (non-hydrogen) atoms. The van der Waals surface area contributed by atoms with E-state index >= 15 is 0 Å². The predicted molar refractivity (Wildman–Crippen MR) is 115 cm³/mol. The average molecular weight is 387 g/mol. The van der Waals surface area contributed by atoms with Gasteiger partial charge in [0.2, 0.25) is 0 Å². The molecule has 2 fully saturated rings. The van der Waals surface area contributed by atoms with Crippen molar-refractivity contribution >= 4 is 6.09 Å². The number of benzene rings is 1. The van der Waals surface area contributed by atoms with E-state index in [1.165, 1.54) is 43.5 Å². The number of carbonyl (C=O) groups is 1. The summed E-state index contributed by atoms with van der Waals surface area (Å²) in [5.41, 5.74) is 2.61. The molecule has 0 bridgehead atoms. The normalized spacial score (nSPS) is 21.5. The van der Waals surface area contributed by atoms with E-state index in [-0.39, 0.29) is 11.6 Å². The molecule has 1 aromatic rings. The second-order valence-electron chi connectivity index (χ2n) is 10.1. The van der Waals surface area contributed by atoms with E-state index in [9.17, 15) is 4.79 Å². The highest BCUT2D eigenvalue weighted by molar-refractivity contribution is 5.68. The molecule has 0 saturated carbocycles. The Kier molecular flexibility index (Phi) is 6.38. The Hall–Kier alpha value is -1.55. The van der Waals surface area contributed by atoms with Gasteiger partial charge in [-0.1, -0.05) is 29.8 Å². The minimum Gasteiger partial charge on any atom is -0.444 e. The minimum absolute atomic E-state index is 0.161. The van der Waals surface area contributed by atoms with Crippen LogP contribution in [0.15, 0.2) is 24.3 Å². The lowest BCUT2D eigenvalue weighted by molar-refractivity contribution is -0.0105. The zero-order chi connectivity index (χ0) is 20.4. The van der Waals surface area contributed by atoms with Crippen molar-refractivity contribution in [1.29, 1.82) is 0 Å². The molecule has 2 aliphatic heterocycles. The zero-order valence-corrected chi connectivity index (χ0v) is 18.5. The van der Waals surface area contributed by atoms with Gasteiger partial charge in [0.15, 0.2) is 0 Å². The molecule has 0 spiro atoms. The number of piperidine rings is 2. The SMILES string of the molecule is Cc1ccc(CC2CCN(C3(C)CCN(C(=O)OC(C)(C)C)CC3)CC2)cc1. The molecular weight excluding hydrogens is 348 g/mol. The van der Waals surface area contributed by atoms with Crippen LogP contribution < -0.4 is 0 Å². The fourth-order valence-electron chi connectivity index (χ4n) is 4.55. The molecule has 156 valence electrons. The second kappa shape index (κ2) is 8.44. The van der Waals surface area contributed by atoms with Crippen molar-refractivity contribution in [3.63, 3.8) is 0 Å². The molecule has 4 nitrogen and oxygen atoms in total. The van der Waals surface area contributed by atoms with Gasteiger partial charge in [-0.25, -0.2) is 4.79 Å². The summed E-state index contributed by atoms with van der Waals surface area (Å²) in [6.45, 7) is 14.3. The first-order valence-corrected chi connectivity index (χ1v) is 10.9. The van der Waals surface area contributed by atoms with Gasteiger partial charge in [-0.2, -0.15) is 0 Å². The van der Waals surface area contributed by atoms with Gasteiger partial charge in [-0.15, -0.1) is 0 Å². The van der Waals surface area contributed by atoms with Crippen molar-refractivity contribution in [2.45, 2.75) is 77.9 Å². The lowest BCUT2D eigenvalue weighted by Crippen LogP contribution is -2.56. The Balaban J connectivity index is 1.46. The van der Waals surface area contributed by atoms with E-state index in [0.29, 0.717) is 0 Å². The van der Waals surface area contributed by atoms with E-state index < -0.39 is 5.60 Å². The van der Waals surface area contributed by atoms with E-state index in [2.05, 4.69) is 43.0 Å². The quantitative estimate of drug-likeness (QED) is 0.730. The van der Waals surface area contributed by atoms with Gasteiger partial charge in [0.05, 0.1) is 0 Å². The van der Waals surface area contributed by atoms with Crippen LogP contribution in [0.4, 0.5) is 4.79 Å². The summed E-state index contributed by atoms with van der Waals surface area (Å²) in [5.74, 6) is 0.796. The van der Waals surface area contributed by atoms with Crippen molar-refractivity contribution in [2.24, 2.45) is 5.92 Å². The van der Waals surface area contributed by atoms with Gasteiger partial charge in [-0.3, -0.25) is 4.90 Å². The molecule has 0 N–H and O–H groups in total. The number of carbonyl (C=O) groups excluding carboxylic acids is 1. The molecule has 0 unspecified atom stereocenters. The highest BCUT2D eigenvalue weighted by Crippen LogP contribution is 2.33. The molecule has 2 saturated heterocycles. The van der Waals surface area contributed by atoms with Crippen LogP contribution >= 0.6 is 0 Å². The van der Waals surface area contributed by atoms with Crippen LogP contribution in [0, 0.1) is 12.8 Å². The van der Waals surface area contributed by atoms with E-state index in [1.54, 1.807) is 0 Å². The van der Waals surface area contributed by atoms with Crippen LogP contribution in [0.3, 0.4) is 0 Å². The maximum Gasteiger partial charge on any atom is 0.410 e. The summed E-state index contributed by atoms with van der Waals surface area (Å²) in [6, 6.07) is 9.03. The molecular formula is C24H38N2O2. The minimum atomic E-state index is -0.419. The molecule has 1 amide bonds. The Morgan fingerprint density at radius 2 is 1.64 bits per heavy atom. The van der Waals surface area contributed by atoms with Crippen LogP contribution in [-0.2, 0) is 11.2 Å². The van der Waals surface area contributed by atoms with Crippen molar-refractivity contribution in [3.05, 3.63) is 35.4 Å². The fourth-order valence-corrected chi connectivity index (χ4v) is 4.55. The predicted octanol–water partition coefficient (Wildman–Crippen LogP) is 5.04. The largest absolute Gasteiger partial charge is 0.444 e. The van der Waals surface area contributed by atoms with Gasteiger partial charge in [0.1, 0.15) is 5.60 Å². The number of ether oxygens (including phenoxy) is 1. The molecule has 0 radical (unpaired) electrons. The first-order valence-electron chi connectivity index (χ1n) is 10.9. The molecule has 0 aliphatic carbocycles. The van der Waals surface area contributed by atoms with Gasteiger partial charge >= 0.3 is 6.09 Å². The molecule has 2 aliphatic rings. The topological polar surface area (TPSA) is 32.8 Å². The third-order valence-electron chi connectivity index (χ3n) is 6.52. The molecule has 3 rings (SSSR count). The number of rotatable bonds is 3. The number of nitrogens with zero attached hydrogens (tertiary/aromatic N) is 2. The van der Waals surface area contributed by atoms with Crippen LogP contribution in [0.1, 0.15) is 64.5 Å². The number of hydrogen-bond acceptors (Lipinski definition) is 3. The fraction of sp³-hybridized carbons (Fsp3) is 0.708. The summed E-state index contributed by atoms with van der Waals surface area (Å²) in [6.07, 6.45) is 5.67. The summed E-state index contributed by atoms with van der Waals surface area (Å²) >= 11 is 0. The van der Waals surface area contributed by atoms with Crippen molar-refractivity contribution < 1.29 is 9.53 Å². The number of amides is 1. The van der Waals surface area contributed by atoms with Crippen LogP contribution in [0.5, 0.6) is 0 Å². The molecule has 0 aromatic heterocycles. The maximum atomic E-state index is 12.3. The average Bonchev–Trinajstić information content (AvgIpc) is 2.63. The maximum absolute atomic E-state index is 12.3. The third kappa shape index (κ3) is 5.50. The highest BCUT2D eigenvalue weighted by atomic mass is 16.6. The van der Waals surface area contributed by atoms with E-state index in [4.69, 9.17) is 4.74 Å².